The molecule has 0 fully saturated rings. The fourth-order valence-electron chi connectivity index (χ4n) is 2.48. The molecule has 3 N–H and O–H groups in total. The number of aromatic carboxylic acids is 1. The number of nitrogens with one attached hydrogen (secondary N) is 2. The average molecular weight is 415 g/mol. The molecule has 0 radical (unpaired) electrons. The van der Waals surface area contributed by atoms with Gasteiger partial charge in [0, 0.05) is 21.7 Å². The minimum absolute atomic E-state index is 0.109. The first-order valence-corrected chi connectivity index (χ1v) is 9.72. The van der Waals surface area contributed by atoms with E-state index in [1.165, 1.54) is 30.5 Å². The molecule has 0 aliphatic heterocycles. The number of benzene rings is 3. The third kappa shape index (κ3) is 5.50. The van der Waals surface area contributed by atoms with Crippen LogP contribution in [0.2, 0.25) is 0 Å². The van der Waals surface area contributed by atoms with Gasteiger partial charge < -0.3 is 15.7 Å². The lowest BCUT2D eigenvalue weighted by atomic mass is 10.2. The largest absolute Gasteiger partial charge is 0.478 e. The predicted octanol–water partition coefficient (Wildman–Crippen LogP) is 4.99. The Hall–Kier alpha value is -4.02. The van der Waals surface area contributed by atoms with E-state index in [1.54, 1.807) is 11.8 Å². The lowest BCUT2D eigenvalue weighted by Gasteiger charge is -2.10. The third-order valence-electron chi connectivity index (χ3n) is 3.98. The van der Waals surface area contributed by atoms with E-state index >= 15 is 0 Å². The molecule has 0 unspecified atom stereocenters. The van der Waals surface area contributed by atoms with Gasteiger partial charge in [0.25, 0.3) is 5.91 Å². The van der Waals surface area contributed by atoms with E-state index in [0.717, 1.165) is 15.5 Å². The van der Waals surface area contributed by atoms with Crippen molar-refractivity contribution in [3.8, 4) is 6.07 Å². The van der Waals surface area contributed by atoms with Crippen LogP contribution >= 0.6 is 11.8 Å². The van der Waals surface area contributed by atoms with Gasteiger partial charge in [0.15, 0.2) is 0 Å². The summed E-state index contributed by atoms with van der Waals surface area (Å²) in [7, 11) is 0. The highest BCUT2D eigenvalue weighted by molar-refractivity contribution is 7.99. The van der Waals surface area contributed by atoms with Crippen LogP contribution in [0.25, 0.3) is 0 Å². The van der Waals surface area contributed by atoms with Gasteiger partial charge in [-0.25, -0.2) is 4.79 Å². The van der Waals surface area contributed by atoms with Crippen molar-refractivity contribution in [1.29, 1.82) is 5.26 Å². The fourth-order valence-corrected chi connectivity index (χ4v) is 3.41. The Morgan fingerprint density at radius 2 is 1.60 bits per heavy atom. The van der Waals surface area contributed by atoms with Gasteiger partial charge in [0.2, 0.25) is 0 Å². The summed E-state index contributed by atoms with van der Waals surface area (Å²) in [5, 5.41) is 23.9. The molecule has 7 heteroatoms. The van der Waals surface area contributed by atoms with Crippen molar-refractivity contribution >= 4 is 35.0 Å². The number of para-hydroxylation sites is 1. The molecule has 0 aromatic heterocycles. The van der Waals surface area contributed by atoms with Crippen LogP contribution in [-0.4, -0.2) is 17.0 Å². The van der Waals surface area contributed by atoms with Crippen LogP contribution in [0.1, 0.15) is 10.4 Å². The van der Waals surface area contributed by atoms with Crippen molar-refractivity contribution in [3.63, 3.8) is 0 Å². The maximum Gasteiger partial charge on any atom is 0.335 e. The molecule has 148 valence electrons. The average Bonchev–Trinajstić information content (AvgIpc) is 2.76. The molecule has 0 spiro atoms. The molecule has 0 saturated heterocycles. The molecule has 0 saturated carbocycles. The van der Waals surface area contributed by atoms with E-state index in [-0.39, 0.29) is 11.1 Å². The summed E-state index contributed by atoms with van der Waals surface area (Å²) in [6.07, 6.45) is 1.35. The van der Waals surface area contributed by atoms with Crippen LogP contribution in [0.4, 0.5) is 11.4 Å². The number of nitriles is 1. The number of carboxylic acids is 1. The molecule has 0 aliphatic carbocycles. The monoisotopic (exact) mass is 415 g/mol. The van der Waals surface area contributed by atoms with Crippen LogP contribution in [0.3, 0.4) is 0 Å². The molecule has 1 amide bonds. The number of amides is 1. The molecule has 6 nitrogen and oxygen atoms in total. The smallest absolute Gasteiger partial charge is 0.335 e. The molecular weight excluding hydrogens is 398 g/mol. The topological polar surface area (TPSA) is 102 Å². The summed E-state index contributed by atoms with van der Waals surface area (Å²) in [6.45, 7) is 0. The Kier molecular flexibility index (Phi) is 6.87. The molecular formula is C23H17N3O3S. The summed E-state index contributed by atoms with van der Waals surface area (Å²) in [5.41, 5.74) is 1.15. The first-order chi connectivity index (χ1) is 14.6. The summed E-state index contributed by atoms with van der Waals surface area (Å²) in [4.78, 5) is 25.3. The van der Waals surface area contributed by atoms with Crippen LogP contribution < -0.4 is 10.6 Å². The van der Waals surface area contributed by atoms with E-state index < -0.39 is 11.9 Å². The van der Waals surface area contributed by atoms with E-state index in [9.17, 15) is 14.9 Å². The number of anilines is 2. The van der Waals surface area contributed by atoms with E-state index in [4.69, 9.17) is 5.11 Å². The molecule has 3 rings (SSSR count). The number of rotatable bonds is 7. The highest BCUT2D eigenvalue weighted by Gasteiger charge is 2.11. The zero-order valence-electron chi connectivity index (χ0n) is 15.7. The fraction of sp³-hybridized carbons (Fsp3) is 0. The van der Waals surface area contributed by atoms with Gasteiger partial charge in [-0.1, -0.05) is 42.1 Å². The third-order valence-corrected chi connectivity index (χ3v) is 5.07. The number of carbonyl (C=O) groups is 2. The first-order valence-electron chi connectivity index (χ1n) is 8.90. The number of hydrogen-bond acceptors (Lipinski definition) is 5. The lowest BCUT2D eigenvalue weighted by Crippen LogP contribution is -2.14. The maximum absolute atomic E-state index is 12.4. The van der Waals surface area contributed by atoms with Gasteiger partial charge in [-0.2, -0.15) is 5.26 Å². The van der Waals surface area contributed by atoms with Crippen molar-refractivity contribution in [3.05, 3.63) is 96.2 Å². The Balaban J connectivity index is 1.71. The van der Waals surface area contributed by atoms with Crippen molar-refractivity contribution in [1.82, 2.24) is 0 Å². The Labute approximate surface area is 177 Å². The van der Waals surface area contributed by atoms with E-state index in [1.807, 2.05) is 60.7 Å². The molecule has 30 heavy (non-hydrogen) atoms. The number of carbonyl (C=O) groups excluding carboxylic acids is 1. The van der Waals surface area contributed by atoms with Gasteiger partial charge in [-0.05, 0) is 48.5 Å². The molecule has 0 bridgehead atoms. The van der Waals surface area contributed by atoms with Crippen molar-refractivity contribution in [2.45, 2.75) is 9.79 Å². The second-order valence-electron chi connectivity index (χ2n) is 6.06. The zero-order chi connectivity index (χ0) is 21.3. The van der Waals surface area contributed by atoms with Gasteiger partial charge in [-0.3, -0.25) is 4.79 Å². The quantitative estimate of drug-likeness (QED) is 0.371. The molecule has 3 aromatic carbocycles. The minimum atomic E-state index is -1.05. The highest BCUT2D eigenvalue weighted by Crippen LogP contribution is 2.33. The number of nitrogens with zero attached hydrogens (tertiary/aromatic N) is 1. The second kappa shape index (κ2) is 9.96. The van der Waals surface area contributed by atoms with E-state index in [2.05, 4.69) is 10.6 Å². The van der Waals surface area contributed by atoms with Crippen LogP contribution in [0.5, 0.6) is 0 Å². The van der Waals surface area contributed by atoms with Crippen molar-refractivity contribution < 1.29 is 14.7 Å². The zero-order valence-corrected chi connectivity index (χ0v) is 16.5. The molecule has 3 aromatic rings. The Morgan fingerprint density at radius 3 is 2.27 bits per heavy atom. The van der Waals surface area contributed by atoms with Crippen LogP contribution in [0, 0.1) is 11.3 Å². The number of carboxylic acid groups (broad SMARTS) is 1. The van der Waals surface area contributed by atoms with Crippen LogP contribution in [0.15, 0.2) is 100 Å². The van der Waals surface area contributed by atoms with Gasteiger partial charge in [-0.15, -0.1) is 0 Å². The van der Waals surface area contributed by atoms with E-state index in [0.29, 0.717) is 5.69 Å². The molecule has 0 aliphatic rings. The van der Waals surface area contributed by atoms with Crippen molar-refractivity contribution in [2.75, 3.05) is 10.6 Å². The predicted molar refractivity (Wildman–Crippen MR) is 116 cm³/mol. The summed E-state index contributed by atoms with van der Waals surface area (Å²) in [5.74, 6) is -1.65. The SMILES string of the molecule is N#C/C(=C/Nc1ccccc1Sc1ccccc1)C(=O)Nc1ccc(C(=O)O)cc1. The maximum atomic E-state index is 12.4. The summed E-state index contributed by atoms with van der Waals surface area (Å²) >= 11 is 1.56. The highest BCUT2D eigenvalue weighted by atomic mass is 32.2. The normalized spacial score (nSPS) is 10.7. The minimum Gasteiger partial charge on any atom is -0.478 e. The second-order valence-corrected chi connectivity index (χ2v) is 7.18. The summed E-state index contributed by atoms with van der Waals surface area (Å²) < 4.78 is 0. The number of hydrogen-bond donors (Lipinski definition) is 3. The molecule has 0 heterocycles. The van der Waals surface area contributed by atoms with Gasteiger partial charge >= 0.3 is 5.97 Å². The van der Waals surface area contributed by atoms with Gasteiger partial charge in [0.1, 0.15) is 11.6 Å². The Morgan fingerprint density at radius 1 is 0.933 bits per heavy atom. The standard InChI is InChI=1S/C23H17N3O3S/c24-14-17(22(27)26-18-12-10-16(11-13-18)23(28)29)15-25-20-8-4-5-9-21(20)30-19-6-2-1-3-7-19/h1-13,15,25H,(H,26,27)(H,28,29)/b17-15-. The van der Waals surface area contributed by atoms with Gasteiger partial charge in [0.05, 0.1) is 11.3 Å². The summed E-state index contributed by atoms with van der Waals surface area (Å²) in [6, 6.07) is 25.0. The molecule has 0 atom stereocenters. The Bertz CT molecular complexity index is 1120. The lowest BCUT2D eigenvalue weighted by molar-refractivity contribution is -0.112. The first kappa shape index (κ1) is 20.7. The van der Waals surface area contributed by atoms with Crippen LogP contribution in [-0.2, 0) is 4.79 Å². The van der Waals surface area contributed by atoms with Crippen molar-refractivity contribution in [2.24, 2.45) is 0 Å².